The van der Waals surface area contributed by atoms with E-state index in [9.17, 15) is 0 Å². The molecular weight excluding hydrogens is 302 g/mol. The topological polar surface area (TPSA) is 25.2 Å². The summed E-state index contributed by atoms with van der Waals surface area (Å²) >= 11 is 9.51. The maximum atomic E-state index is 6.02. The number of benzene rings is 1. The third-order valence-electron chi connectivity index (χ3n) is 2.50. The van der Waals surface area contributed by atoms with Crippen molar-refractivity contribution in [2.24, 2.45) is 0 Å². The molecule has 90 valence electrons. The highest BCUT2D eigenvalue weighted by atomic mass is 79.9. The summed E-state index contributed by atoms with van der Waals surface area (Å²) in [5.74, 6) is 0.870. The molecule has 1 aromatic carbocycles. The van der Waals surface area contributed by atoms with Gasteiger partial charge in [0.25, 0.3) is 0 Å². The van der Waals surface area contributed by atoms with Gasteiger partial charge < -0.3 is 9.73 Å². The van der Waals surface area contributed by atoms with Gasteiger partial charge in [-0.05, 0) is 46.2 Å². The van der Waals surface area contributed by atoms with Crippen molar-refractivity contribution in [3.8, 4) is 0 Å². The van der Waals surface area contributed by atoms with E-state index in [-0.39, 0.29) is 6.04 Å². The van der Waals surface area contributed by atoms with E-state index in [1.807, 2.05) is 30.3 Å². The molecule has 0 saturated heterocycles. The summed E-state index contributed by atoms with van der Waals surface area (Å²) in [5, 5.41) is 4.12. The quantitative estimate of drug-likeness (QED) is 0.905. The highest BCUT2D eigenvalue weighted by molar-refractivity contribution is 9.10. The monoisotopic (exact) mass is 313 g/mol. The van der Waals surface area contributed by atoms with Crippen LogP contribution in [0.4, 0.5) is 0 Å². The third kappa shape index (κ3) is 2.92. The van der Waals surface area contributed by atoms with Crippen molar-refractivity contribution in [1.29, 1.82) is 0 Å². The average molecular weight is 315 g/mol. The lowest BCUT2D eigenvalue weighted by atomic mass is 10.0. The summed E-state index contributed by atoms with van der Waals surface area (Å²) in [6.07, 6.45) is 1.67. The van der Waals surface area contributed by atoms with Crippen LogP contribution in [0, 0.1) is 0 Å². The smallest absolute Gasteiger partial charge is 0.139 e. The Balaban J connectivity index is 2.39. The van der Waals surface area contributed by atoms with Crippen molar-refractivity contribution in [3.05, 3.63) is 57.4 Å². The molecule has 1 N–H and O–H groups in total. The summed E-state index contributed by atoms with van der Waals surface area (Å²) in [6.45, 7) is 2.92. The van der Waals surface area contributed by atoms with Gasteiger partial charge in [-0.15, -0.1) is 0 Å². The van der Waals surface area contributed by atoms with Gasteiger partial charge in [0.15, 0.2) is 0 Å². The van der Waals surface area contributed by atoms with Crippen LogP contribution >= 0.6 is 27.5 Å². The van der Waals surface area contributed by atoms with E-state index in [1.165, 1.54) is 0 Å². The van der Waals surface area contributed by atoms with Crippen molar-refractivity contribution in [2.45, 2.75) is 13.0 Å². The Bertz CT molecular complexity index is 498. The van der Waals surface area contributed by atoms with Crippen molar-refractivity contribution in [3.63, 3.8) is 0 Å². The number of rotatable bonds is 4. The summed E-state index contributed by atoms with van der Waals surface area (Å²) in [7, 11) is 0. The summed E-state index contributed by atoms with van der Waals surface area (Å²) in [4.78, 5) is 0. The van der Waals surface area contributed by atoms with Gasteiger partial charge in [-0.25, -0.2) is 0 Å². The van der Waals surface area contributed by atoms with Gasteiger partial charge >= 0.3 is 0 Å². The van der Waals surface area contributed by atoms with Gasteiger partial charge in [-0.1, -0.05) is 30.7 Å². The van der Waals surface area contributed by atoms with Crippen LogP contribution in [-0.2, 0) is 0 Å². The lowest BCUT2D eigenvalue weighted by molar-refractivity contribution is 0.450. The molecule has 1 atom stereocenters. The van der Waals surface area contributed by atoms with Crippen molar-refractivity contribution < 1.29 is 4.42 Å². The molecule has 0 aliphatic rings. The maximum Gasteiger partial charge on any atom is 0.139 e. The van der Waals surface area contributed by atoms with Crippen LogP contribution < -0.4 is 5.32 Å². The first-order valence-corrected chi connectivity index (χ1v) is 6.61. The van der Waals surface area contributed by atoms with Crippen molar-refractivity contribution in [2.75, 3.05) is 6.54 Å². The van der Waals surface area contributed by atoms with Gasteiger partial charge in [0, 0.05) is 5.02 Å². The first-order valence-electron chi connectivity index (χ1n) is 5.44. The Morgan fingerprint density at radius 1 is 1.41 bits per heavy atom. The van der Waals surface area contributed by atoms with E-state index in [2.05, 4.69) is 28.2 Å². The molecule has 2 aromatic rings. The minimum Gasteiger partial charge on any atom is -0.466 e. The fraction of sp³-hybridized carbons (Fsp3) is 0.231. The molecule has 1 unspecified atom stereocenters. The average Bonchev–Trinajstić information content (AvgIpc) is 2.72. The zero-order valence-corrected chi connectivity index (χ0v) is 11.8. The third-order valence-corrected chi connectivity index (χ3v) is 3.39. The molecule has 0 aliphatic carbocycles. The minimum atomic E-state index is 0.0167. The highest BCUT2D eigenvalue weighted by Gasteiger charge is 2.19. The Kier molecular flexibility index (Phi) is 4.26. The molecule has 17 heavy (non-hydrogen) atoms. The highest BCUT2D eigenvalue weighted by Crippen LogP contribution is 2.30. The lowest BCUT2D eigenvalue weighted by Crippen LogP contribution is -2.21. The zero-order valence-electron chi connectivity index (χ0n) is 9.41. The van der Waals surface area contributed by atoms with E-state index in [1.54, 1.807) is 6.26 Å². The lowest BCUT2D eigenvalue weighted by Gasteiger charge is -2.16. The fourth-order valence-electron chi connectivity index (χ4n) is 1.76. The van der Waals surface area contributed by atoms with Crippen LogP contribution in [0.1, 0.15) is 24.3 Å². The maximum absolute atomic E-state index is 6.02. The predicted molar refractivity (Wildman–Crippen MR) is 73.4 cm³/mol. The van der Waals surface area contributed by atoms with Crippen LogP contribution in [0.25, 0.3) is 0 Å². The molecule has 0 aliphatic heterocycles. The van der Waals surface area contributed by atoms with E-state index < -0.39 is 0 Å². The molecule has 0 radical (unpaired) electrons. The first kappa shape index (κ1) is 12.7. The van der Waals surface area contributed by atoms with Gasteiger partial charge in [-0.2, -0.15) is 0 Å². The largest absolute Gasteiger partial charge is 0.466 e. The molecule has 2 rings (SSSR count). The van der Waals surface area contributed by atoms with Gasteiger partial charge in [-0.3, -0.25) is 0 Å². The van der Waals surface area contributed by atoms with E-state index >= 15 is 0 Å². The normalized spacial score (nSPS) is 12.6. The van der Waals surface area contributed by atoms with Gasteiger partial charge in [0.2, 0.25) is 0 Å². The first-order chi connectivity index (χ1) is 8.22. The van der Waals surface area contributed by atoms with Crippen molar-refractivity contribution >= 4 is 27.5 Å². The van der Waals surface area contributed by atoms with E-state index in [0.717, 1.165) is 27.4 Å². The molecule has 4 heteroatoms. The molecule has 0 saturated carbocycles. The Morgan fingerprint density at radius 2 is 2.24 bits per heavy atom. The molecule has 0 fully saturated rings. The van der Waals surface area contributed by atoms with Gasteiger partial charge in [0.1, 0.15) is 5.76 Å². The van der Waals surface area contributed by atoms with Crippen LogP contribution in [0.5, 0.6) is 0 Å². The second-order valence-electron chi connectivity index (χ2n) is 3.68. The molecule has 2 nitrogen and oxygen atoms in total. The fourth-order valence-corrected chi connectivity index (χ4v) is 2.39. The summed E-state index contributed by atoms with van der Waals surface area (Å²) < 4.78 is 6.48. The Hall–Kier alpha value is -0.770. The summed E-state index contributed by atoms with van der Waals surface area (Å²) in [5.41, 5.74) is 1.09. The standard InChI is InChI=1S/C13H13BrClNO/c1-2-16-12(13-11(14)6-7-17-13)9-4-3-5-10(15)8-9/h3-8,12,16H,2H2,1H3. The van der Waals surface area contributed by atoms with Crippen LogP contribution in [-0.4, -0.2) is 6.54 Å². The predicted octanol–water partition coefficient (Wildman–Crippen LogP) is 4.39. The number of nitrogens with one attached hydrogen (secondary N) is 1. The molecule has 1 aromatic heterocycles. The SMILES string of the molecule is CCNC(c1cccc(Cl)c1)c1occc1Br. The Labute approximate surface area is 114 Å². The van der Waals surface area contributed by atoms with Crippen LogP contribution in [0.3, 0.4) is 0 Å². The van der Waals surface area contributed by atoms with Crippen LogP contribution in [0.15, 0.2) is 45.5 Å². The number of furan rings is 1. The number of hydrogen-bond acceptors (Lipinski definition) is 2. The second-order valence-corrected chi connectivity index (χ2v) is 4.97. The van der Waals surface area contributed by atoms with E-state index in [4.69, 9.17) is 16.0 Å². The minimum absolute atomic E-state index is 0.0167. The van der Waals surface area contributed by atoms with Gasteiger partial charge in [0.05, 0.1) is 16.8 Å². The number of hydrogen-bond donors (Lipinski definition) is 1. The molecular formula is C13H13BrClNO. The zero-order chi connectivity index (χ0) is 12.3. The molecule has 0 spiro atoms. The molecule has 0 amide bonds. The summed E-state index contributed by atoms with van der Waals surface area (Å²) in [6, 6.07) is 9.70. The molecule has 1 heterocycles. The van der Waals surface area contributed by atoms with E-state index in [0.29, 0.717) is 0 Å². The second kappa shape index (κ2) is 5.71. The Morgan fingerprint density at radius 3 is 2.82 bits per heavy atom. The molecule has 0 bridgehead atoms. The van der Waals surface area contributed by atoms with Crippen LogP contribution in [0.2, 0.25) is 5.02 Å². The number of halogens is 2. The van der Waals surface area contributed by atoms with Crippen molar-refractivity contribution in [1.82, 2.24) is 5.32 Å².